The van der Waals surface area contributed by atoms with E-state index in [9.17, 15) is 18.8 Å². The third-order valence-electron chi connectivity index (χ3n) is 3.06. The lowest BCUT2D eigenvalue weighted by atomic mass is 10.2. The molecule has 1 heterocycles. The number of ether oxygens (including phenoxy) is 1. The zero-order chi connectivity index (χ0) is 16.8. The van der Waals surface area contributed by atoms with Gasteiger partial charge in [-0.1, -0.05) is 12.1 Å². The van der Waals surface area contributed by atoms with Crippen molar-refractivity contribution in [2.45, 2.75) is 19.9 Å². The number of aromatic nitrogens is 2. The number of nitrogens with zero attached hydrogens (tertiary/aromatic N) is 2. The van der Waals surface area contributed by atoms with Gasteiger partial charge in [-0.2, -0.15) is 0 Å². The molecule has 0 saturated carbocycles. The average molecular weight is 318 g/mol. The summed E-state index contributed by atoms with van der Waals surface area (Å²) in [6.45, 7) is 1.94. The second-order valence-electron chi connectivity index (χ2n) is 4.75. The van der Waals surface area contributed by atoms with Crippen LogP contribution in [0.15, 0.2) is 36.7 Å². The SMILES string of the molecule is CCOC(=O)C(=O)CC(=O)c1nccn1Cc1ccc(F)cc1. The highest BCUT2D eigenvalue weighted by Crippen LogP contribution is 2.09. The molecule has 1 aromatic heterocycles. The summed E-state index contributed by atoms with van der Waals surface area (Å²) in [5.74, 6) is -2.80. The van der Waals surface area contributed by atoms with E-state index in [2.05, 4.69) is 9.72 Å². The molecule has 0 spiro atoms. The number of carbonyl (C=O) groups is 3. The Kier molecular flexibility index (Phi) is 5.35. The van der Waals surface area contributed by atoms with E-state index in [1.807, 2.05) is 0 Å². The van der Waals surface area contributed by atoms with Crippen molar-refractivity contribution < 1.29 is 23.5 Å². The van der Waals surface area contributed by atoms with Gasteiger partial charge in [0, 0.05) is 18.9 Å². The fourth-order valence-corrected chi connectivity index (χ4v) is 1.98. The fraction of sp³-hybridized carbons (Fsp3) is 0.250. The molecule has 6 nitrogen and oxygen atoms in total. The quantitative estimate of drug-likeness (QED) is 0.336. The lowest BCUT2D eigenvalue weighted by Crippen LogP contribution is -2.22. The molecule has 2 rings (SSSR count). The second kappa shape index (κ2) is 7.44. The minimum atomic E-state index is -1.03. The van der Waals surface area contributed by atoms with E-state index in [-0.39, 0.29) is 18.2 Å². The number of halogens is 1. The third kappa shape index (κ3) is 4.32. The molecule has 0 radical (unpaired) electrons. The Hall–Kier alpha value is -2.83. The van der Waals surface area contributed by atoms with Crippen molar-refractivity contribution in [3.63, 3.8) is 0 Å². The molecular formula is C16H15FN2O4. The first-order valence-corrected chi connectivity index (χ1v) is 7.00. The lowest BCUT2D eigenvalue weighted by Gasteiger charge is -2.07. The molecule has 0 fully saturated rings. The van der Waals surface area contributed by atoms with Crippen molar-refractivity contribution in [2.75, 3.05) is 6.61 Å². The van der Waals surface area contributed by atoms with Gasteiger partial charge in [-0.25, -0.2) is 14.2 Å². The highest BCUT2D eigenvalue weighted by Gasteiger charge is 2.22. The summed E-state index contributed by atoms with van der Waals surface area (Å²) >= 11 is 0. The van der Waals surface area contributed by atoms with E-state index >= 15 is 0 Å². The molecule has 0 unspecified atom stereocenters. The number of hydrogen-bond acceptors (Lipinski definition) is 5. The van der Waals surface area contributed by atoms with Gasteiger partial charge in [0.05, 0.1) is 13.0 Å². The molecule has 7 heteroatoms. The van der Waals surface area contributed by atoms with Crippen molar-refractivity contribution in [2.24, 2.45) is 0 Å². The number of carbonyl (C=O) groups excluding carboxylic acids is 3. The van der Waals surface area contributed by atoms with Crippen LogP contribution in [-0.4, -0.2) is 33.7 Å². The molecule has 0 aliphatic carbocycles. The van der Waals surface area contributed by atoms with Crippen LogP contribution in [0.5, 0.6) is 0 Å². The highest BCUT2D eigenvalue weighted by molar-refractivity contribution is 6.37. The smallest absolute Gasteiger partial charge is 0.375 e. The van der Waals surface area contributed by atoms with Crippen LogP contribution in [-0.2, 0) is 20.9 Å². The van der Waals surface area contributed by atoms with E-state index in [0.29, 0.717) is 6.54 Å². The summed E-state index contributed by atoms with van der Waals surface area (Å²) in [6.07, 6.45) is 2.40. The first kappa shape index (κ1) is 16.5. The summed E-state index contributed by atoms with van der Waals surface area (Å²) in [4.78, 5) is 38.9. The van der Waals surface area contributed by atoms with Crippen molar-refractivity contribution in [3.05, 3.63) is 53.9 Å². The second-order valence-corrected chi connectivity index (χ2v) is 4.75. The van der Waals surface area contributed by atoms with Gasteiger partial charge in [-0.15, -0.1) is 0 Å². The molecule has 0 bridgehead atoms. The van der Waals surface area contributed by atoms with Crippen molar-refractivity contribution in [3.8, 4) is 0 Å². The van der Waals surface area contributed by atoms with E-state index in [0.717, 1.165) is 5.56 Å². The van der Waals surface area contributed by atoms with Crippen LogP contribution in [0.25, 0.3) is 0 Å². The molecule has 0 atom stereocenters. The Labute approximate surface area is 131 Å². The number of hydrogen-bond donors (Lipinski definition) is 0. The Morgan fingerprint density at radius 2 is 1.91 bits per heavy atom. The van der Waals surface area contributed by atoms with Gasteiger partial charge in [0.2, 0.25) is 11.6 Å². The molecule has 0 N–H and O–H groups in total. The molecule has 2 aromatic rings. The van der Waals surface area contributed by atoms with Crippen LogP contribution in [0, 0.1) is 5.82 Å². The molecule has 23 heavy (non-hydrogen) atoms. The van der Waals surface area contributed by atoms with Crippen molar-refractivity contribution in [1.29, 1.82) is 0 Å². The normalized spacial score (nSPS) is 10.3. The first-order chi connectivity index (χ1) is 11.0. The molecular weight excluding hydrogens is 303 g/mol. The number of esters is 1. The topological polar surface area (TPSA) is 78.3 Å². The predicted molar refractivity (Wildman–Crippen MR) is 78.3 cm³/mol. The molecule has 1 aromatic carbocycles. The first-order valence-electron chi connectivity index (χ1n) is 7.00. The van der Waals surface area contributed by atoms with Crippen LogP contribution in [0.2, 0.25) is 0 Å². The van der Waals surface area contributed by atoms with Crippen LogP contribution in [0.3, 0.4) is 0 Å². The minimum Gasteiger partial charge on any atom is -0.460 e. The zero-order valence-electron chi connectivity index (χ0n) is 12.5. The Morgan fingerprint density at radius 1 is 1.22 bits per heavy atom. The predicted octanol–water partition coefficient (Wildman–Crippen LogP) is 1.78. The molecule has 0 aliphatic rings. The zero-order valence-corrected chi connectivity index (χ0v) is 12.5. The summed E-state index contributed by atoms with van der Waals surface area (Å²) in [5, 5.41) is 0. The maximum absolute atomic E-state index is 12.9. The molecule has 0 saturated heterocycles. The van der Waals surface area contributed by atoms with Crippen LogP contribution >= 0.6 is 0 Å². The summed E-state index contributed by atoms with van der Waals surface area (Å²) < 4.78 is 19.0. The van der Waals surface area contributed by atoms with Gasteiger partial charge in [0.25, 0.3) is 0 Å². The van der Waals surface area contributed by atoms with Gasteiger partial charge in [-0.3, -0.25) is 9.59 Å². The van der Waals surface area contributed by atoms with E-state index in [1.54, 1.807) is 25.3 Å². The van der Waals surface area contributed by atoms with E-state index in [4.69, 9.17) is 0 Å². The van der Waals surface area contributed by atoms with Crippen LogP contribution in [0.1, 0.15) is 29.5 Å². The number of imidazole rings is 1. The summed E-state index contributed by atoms with van der Waals surface area (Å²) in [6, 6.07) is 5.82. The van der Waals surface area contributed by atoms with Crippen molar-refractivity contribution in [1.82, 2.24) is 9.55 Å². The van der Waals surface area contributed by atoms with Gasteiger partial charge >= 0.3 is 5.97 Å². The third-order valence-corrected chi connectivity index (χ3v) is 3.06. The largest absolute Gasteiger partial charge is 0.460 e. The molecule has 0 aliphatic heterocycles. The number of benzene rings is 1. The van der Waals surface area contributed by atoms with Gasteiger partial charge < -0.3 is 9.30 Å². The fourth-order valence-electron chi connectivity index (χ4n) is 1.98. The summed E-state index contributed by atoms with van der Waals surface area (Å²) in [5.41, 5.74) is 0.773. The van der Waals surface area contributed by atoms with Crippen LogP contribution < -0.4 is 0 Å². The number of ketones is 2. The Bertz CT molecular complexity index is 722. The summed E-state index contributed by atoms with van der Waals surface area (Å²) in [7, 11) is 0. The highest BCUT2D eigenvalue weighted by atomic mass is 19.1. The maximum Gasteiger partial charge on any atom is 0.375 e. The standard InChI is InChI=1S/C16H15FN2O4/c1-2-23-16(22)14(21)9-13(20)15-18-7-8-19(15)10-11-3-5-12(17)6-4-11/h3-8H,2,9-10H2,1H3. The monoisotopic (exact) mass is 318 g/mol. The Morgan fingerprint density at radius 3 is 2.57 bits per heavy atom. The number of rotatable bonds is 7. The lowest BCUT2D eigenvalue weighted by molar-refractivity contribution is -0.153. The number of Topliss-reactive ketones (excluding diaryl/α,β-unsaturated/α-hetero) is 2. The van der Waals surface area contributed by atoms with E-state index < -0.39 is 24.0 Å². The minimum absolute atomic E-state index is 0.0620. The maximum atomic E-state index is 12.9. The van der Waals surface area contributed by atoms with Crippen molar-refractivity contribution >= 4 is 17.5 Å². The molecule has 0 amide bonds. The van der Waals surface area contributed by atoms with Gasteiger partial charge in [-0.05, 0) is 24.6 Å². The van der Waals surface area contributed by atoms with E-state index in [1.165, 1.54) is 22.9 Å². The van der Waals surface area contributed by atoms with Gasteiger partial charge in [0.15, 0.2) is 5.82 Å². The van der Waals surface area contributed by atoms with Gasteiger partial charge in [0.1, 0.15) is 5.82 Å². The van der Waals surface area contributed by atoms with Crippen LogP contribution in [0.4, 0.5) is 4.39 Å². The molecule has 120 valence electrons. The average Bonchev–Trinajstić information content (AvgIpc) is 2.98. The Balaban J connectivity index is 2.08.